The Labute approximate surface area is 162 Å². The molecule has 13 heteroatoms. The number of amides is 3. The number of halogens is 4. The van der Waals surface area contributed by atoms with Gasteiger partial charge in [0.2, 0.25) is 5.91 Å². The molecule has 0 spiro atoms. The Hall–Kier alpha value is -2.93. The molecule has 4 N–H and O–H groups in total. The molecule has 1 heterocycles. The number of primary amides is 1. The third-order valence-electron chi connectivity index (χ3n) is 3.74. The number of hydrogen-bond acceptors (Lipinski definition) is 6. The molecule has 0 aliphatic carbocycles. The van der Waals surface area contributed by atoms with Gasteiger partial charge in [-0.25, -0.2) is 8.78 Å². The zero-order valence-electron chi connectivity index (χ0n) is 14.9. The number of carbonyl (C=O) groups is 3. The molecule has 0 saturated carbocycles. The van der Waals surface area contributed by atoms with Crippen LogP contribution in [-0.4, -0.2) is 63.1 Å². The van der Waals surface area contributed by atoms with Crippen molar-refractivity contribution in [2.45, 2.75) is 19.1 Å². The van der Waals surface area contributed by atoms with Crippen LogP contribution in [0, 0.1) is 0 Å². The summed E-state index contributed by atoms with van der Waals surface area (Å²) in [5, 5.41) is 4.20. The van der Waals surface area contributed by atoms with Crippen LogP contribution in [-0.2, 0) is 19.1 Å². The van der Waals surface area contributed by atoms with Gasteiger partial charge in [-0.15, -0.1) is 0 Å². The van der Waals surface area contributed by atoms with E-state index in [2.05, 4.69) is 10.1 Å². The highest BCUT2D eigenvalue weighted by Crippen LogP contribution is 2.33. The average molecular weight is 422 g/mol. The summed E-state index contributed by atoms with van der Waals surface area (Å²) >= 11 is 0. The number of nitrogens with one attached hydrogen (secondary N) is 2. The minimum Gasteiger partial charge on any atom is -0.433 e. The number of rotatable bonds is 9. The minimum absolute atomic E-state index is 0.0267. The average Bonchev–Trinajstić information content (AvgIpc) is 2.62. The molecule has 1 aliphatic rings. The first-order valence-corrected chi connectivity index (χ1v) is 8.27. The Balaban J connectivity index is 2.23. The lowest BCUT2D eigenvalue weighted by Crippen LogP contribution is -2.51. The van der Waals surface area contributed by atoms with Crippen LogP contribution in [0.4, 0.5) is 28.9 Å². The van der Waals surface area contributed by atoms with Crippen molar-refractivity contribution in [2.24, 2.45) is 5.73 Å². The van der Waals surface area contributed by atoms with Crippen molar-refractivity contribution < 1.29 is 41.4 Å². The lowest BCUT2D eigenvalue weighted by molar-refractivity contribution is -0.128. The Bertz CT molecular complexity index is 765. The van der Waals surface area contributed by atoms with Gasteiger partial charge in [0.1, 0.15) is 6.61 Å². The summed E-state index contributed by atoms with van der Waals surface area (Å²) in [7, 11) is 0. The van der Waals surface area contributed by atoms with Gasteiger partial charge in [0.25, 0.3) is 18.2 Å². The molecule has 0 bridgehead atoms. The molecule has 1 aromatic rings. The largest absolute Gasteiger partial charge is 0.433 e. The molecule has 29 heavy (non-hydrogen) atoms. The number of hydrogen-bond donors (Lipinski definition) is 3. The van der Waals surface area contributed by atoms with E-state index in [1.165, 1.54) is 17.0 Å². The Kier molecular flexibility index (Phi) is 7.73. The van der Waals surface area contributed by atoms with Crippen molar-refractivity contribution in [1.29, 1.82) is 0 Å². The molecule has 1 atom stereocenters. The first-order chi connectivity index (χ1) is 13.7. The van der Waals surface area contributed by atoms with Crippen LogP contribution in [0.15, 0.2) is 18.2 Å². The monoisotopic (exact) mass is 422 g/mol. The van der Waals surface area contributed by atoms with Crippen LogP contribution < -0.4 is 26.0 Å². The second-order valence-corrected chi connectivity index (χ2v) is 5.78. The summed E-state index contributed by atoms with van der Waals surface area (Å²) < 4.78 is 59.6. The van der Waals surface area contributed by atoms with Crippen LogP contribution in [0.1, 0.15) is 0 Å². The van der Waals surface area contributed by atoms with Crippen LogP contribution in [0.2, 0.25) is 0 Å². The highest BCUT2D eigenvalue weighted by molar-refractivity contribution is 6.09. The zero-order valence-corrected chi connectivity index (χ0v) is 14.9. The minimum atomic E-state index is -3.22. The number of benzene rings is 1. The van der Waals surface area contributed by atoms with Gasteiger partial charge in [-0.05, 0) is 12.1 Å². The van der Waals surface area contributed by atoms with Crippen LogP contribution >= 0.6 is 0 Å². The second-order valence-electron chi connectivity index (χ2n) is 5.78. The number of morpholine rings is 1. The van der Waals surface area contributed by atoms with Crippen molar-refractivity contribution >= 4 is 29.1 Å². The van der Waals surface area contributed by atoms with Gasteiger partial charge in [0.05, 0.1) is 18.8 Å². The molecule has 1 saturated heterocycles. The second kappa shape index (κ2) is 10.0. The molecule has 1 fully saturated rings. The molecule has 0 aromatic heterocycles. The van der Waals surface area contributed by atoms with Crippen LogP contribution in [0.3, 0.4) is 0 Å². The van der Waals surface area contributed by atoms with E-state index in [1.807, 2.05) is 5.32 Å². The van der Waals surface area contributed by atoms with Gasteiger partial charge in [0, 0.05) is 18.3 Å². The summed E-state index contributed by atoms with van der Waals surface area (Å²) in [6.07, 6.45) is -2.83. The fraction of sp³-hybridized carbons (Fsp3) is 0.438. The molecular weight excluding hydrogens is 404 g/mol. The number of anilines is 2. The highest BCUT2D eigenvalue weighted by atomic mass is 19.3. The molecule has 1 aliphatic heterocycles. The van der Waals surface area contributed by atoms with Crippen LogP contribution in [0.25, 0.3) is 0 Å². The van der Waals surface area contributed by atoms with Gasteiger partial charge >= 0.3 is 6.61 Å². The lowest BCUT2D eigenvalue weighted by atomic mass is 10.2. The van der Waals surface area contributed by atoms with Crippen molar-refractivity contribution in [3.63, 3.8) is 0 Å². The smallest absolute Gasteiger partial charge is 0.387 e. The van der Waals surface area contributed by atoms with Gasteiger partial charge in [-0.3, -0.25) is 19.7 Å². The molecule has 3 amide bonds. The molecule has 1 aromatic carbocycles. The molecule has 160 valence electrons. The maximum Gasteiger partial charge on any atom is 0.387 e. The lowest BCUT2D eigenvalue weighted by Gasteiger charge is -2.28. The number of nitrogens with two attached hydrogens (primary N) is 1. The van der Waals surface area contributed by atoms with Crippen LogP contribution in [0.5, 0.6) is 5.75 Å². The fourth-order valence-electron chi connectivity index (χ4n) is 2.52. The summed E-state index contributed by atoms with van der Waals surface area (Å²) in [6, 6.07) is 1.75. The molecule has 2 rings (SSSR count). The maximum atomic E-state index is 12.8. The maximum absolute atomic E-state index is 12.8. The SMILES string of the molecule is NC(=O)[C@H](NCC(F)F)C(=O)Nc1ccc(N2CCOCC2=O)c(OC(F)F)c1. The van der Waals surface area contributed by atoms with E-state index in [9.17, 15) is 31.9 Å². The Morgan fingerprint density at radius 1 is 1.28 bits per heavy atom. The van der Waals surface area contributed by atoms with Gasteiger partial charge < -0.3 is 25.4 Å². The third-order valence-corrected chi connectivity index (χ3v) is 3.74. The predicted octanol–water partition coefficient (Wildman–Crippen LogP) is 0.298. The summed E-state index contributed by atoms with van der Waals surface area (Å²) in [4.78, 5) is 36.6. The van der Waals surface area contributed by atoms with E-state index in [4.69, 9.17) is 10.5 Å². The molecule has 9 nitrogen and oxygen atoms in total. The predicted molar refractivity (Wildman–Crippen MR) is 91.9 cm³/mol. The van der Waals surface area contributed by atoms with Gasteiger partial charge in [0.15, 0.2) is 11.8 Å². The summed E-state index contributed by atoms with van der Waals surface area (Å²) in [5.41, 5.74) is 4.97. The third kappa shape index (κ3) is 6.29. The normalized spacial score (nSPS) is 15.5. The first kappa shape index (κ1) is 22.4. The number of carbonyl (C=O) groups excluding carboxylic acids is 3. The number of nitrogens with zero attached hydrogens (tertiary/aromatic N) is 1. The van der Waals surface area contributed by atoms with E-state index in [0.29, 0.717) is 0 Å². The van der Waals surface area contributed by atoms with Crippen molar-refractivity contribution in [3.05, 3.63) is 18.2 Å². The highest BCUT2D eigenvalue weighted by Gasteiger charge is 2.27. The van der Waals surface area contributed by atoms with E-state index in [0.717, 1.165) is 6.07 Å². The standard InChI is InChI=1S/C16H18F4N4O5/c17-11(18)6-22-13(14(21)26)15(27)23-8-1-2-9(10(5-8)29-16(19)20)24-3-4-28-7-12(24)25/h1-2,5,11,13,16,22H,3-4,6-7H2,(H2,21,26)(H,23,27)/t13-/m0/s1. The van der Waals surface area contributed by atoms with E-state index in [-0.39, 0.29) is 31.1 Å². The molecule has 0 unspecified atom stereocenters. The number of alkyl halides is 4. The van der Waals surface area contributed by atoms with Crippen molar-refractivity contribution in [2.75, 3.05) is 36.5 Å². The molecule has 0 radical (unpaired) electrons. The fourth-order valence-corrected chi connectivity index (χ4v) is 2.52. The zero-order chi connectivity index (χ0) is 21.6. The van der Waals surface area contributed by atoms with E-state index < -0.39 is 49.1 Å². The van der Waals surface area contributed by atoms with E-state index in [1.54, 1.807) is 0 Å². The Morgan fingerprint density at radius 2 is 2.00 bits per heavy atom. The number of ether oxygens (including phenoxy) is 2. The topological polar surface area (TPSA) is 123 Å². The Morgan fingerprint density at radius 3 is 2.59 bits per heavy atom. The van der Waals surface area contributed by atoms with Crippen molar-refractivity contribution in [3.8, 4) is 5.75 Å². The summed E-state index contributed by atoms with van der Waals surface area (Å²) in [6.45, 7) is -4.12. The van der Waals surface area contributed by atoms with Gasteiger partial charge in [-0.2, -0.15) is 8.78 Å². The molecular formula is C16H18F4N4O5. The van der Waals surface area contributed by atoms with E-state index >= 15 is 0 Å². The quantitative estimate of drug-likeness (QED) is 0.389. The first-order valence-electron chi connectivity index (χ1n) is 8.27. The van der Waals surface area contributed by atoms with Crippen molar-refractivity contribution in [1.82, 2.24) is 5.32 Å². The van der Waals surface area contributed by atoms with Gasteiger partial charge in [-0.1, -0.05) is 0 Å². The summed E-state index contributed by atoms with van der Waals surface area (Å²) in [5.74, 6) is -3.17.